The maximum atomic E-state index is 13.4. The van der Waals surface area contributed by atoms with Crippen LogP contribution in [0.1, 0.15) is 100 Å². The molecule has 2 aliphatic rings. The van der Waals surface area contributed by atoms with Gasteiger partial charge in [0.05, 0.1) is 12.1 Å². The van der Waals surface area contributed by atoms with E-state index in [-0.39, 0.29) is 29.0 Å². The van der Waals surface area contributed by atoms with E-state index in [2.05, 4.69) is 10.6 Å². The lowest BCUT2D eigenvalue weighted by molar-refractivity contribution is -0.131. The molecule has 1 unspecified atom stereocenters. The van der Waals surface area contributed by atoms with Crippen LogP contribution in [0.4, 0.5) is 0 Å². The summed E-state index contributed by atoms with van der Waals surface area (Å²) in [6, 6.07) is 14.3. The van der Waals surface area contributed by atoms with Crippen molar-refractivity contribution in [2.45, 2.75) is 110 Å². The zero-order valence-electron chi connectivity index (χ0n) is 25.4. The first kappa shape index (κ1) is 31.1. The zero-order chi connectivity index (χ0) is 29.6. The highest BCUT2D eigenvalue weighted by atomic mass is 16.3. The van der Waals surface area contributed by atoms with E-state index in [1.165, 1.54) is 25.7 Å². The van der Waals surface area contributed by atoms with Crippen LogP contribution < -0.4 is 10.6 Å². The minimum Gasteiger partial charge on any atom is -0.508 e. The van der Waals surface area contributed by atoms with Crippen molar-refractivity contribution in [1.29, 1.82) is 0 Å². The lowest BCUT2D eigenvalue weighted by Crippen LogP contribution is -2.48. The van der Waals surface area contributed by atoms with E-state index in [0.29, 0.717) is 41.7 Å². The number of aliphatic hydroxyl groups is 1. The maximum absolute atomic E-state index is 13.4. The number of phenolic OH excluding ortho intramolecular Hbond substituents is 1. The fraction of sp³-hybridized carbons (Fsp3) is 0.600. The van der Waals surface area contributed by atoms with E-state index in [1.54, 1.807) is 25.1 Å². The fourth-order valence-electron chi connectivity index (χ4n) is 7.14. The van der Waals surface area contributed by atoms with Crippen molar-refractivity contribution >= 4 is 11.8 Å². The van der Waals surface area contributed by atoms with Gasteiger partial charge in [-0.2, -0.15) is 0 Å². The Balaban J connectivity index is 1.43. The minimum atomic E-state index is -0.732. The van der Waals surface area contributed by atoms with Crippen molar-refractivity contribution in [1.82, 2.24) is 10.6 Å². The summed E-state index contributed by atoms with van der Waals surface area (Å²) in [5.74, 6) is 1.69. The normalized spacial score (nSPS) is 24.1. The maximum Gasteiger partial charge on any atom is 0.252 e. The molecule has 0 aromatic heterocycles. The Morgan fingerprint density at radius 2 is 1.66 bits per heavy atom. The van der Waals surface area contributed by atoms with Gasteiger partial charge in [0.15, 0.2) is 0 Å². The first-order chi connectivity index (χ1) is 19.5. The summed E-state index contributed by atoms with van der Waals surface area (Å²) in [6.07, 6.45) is 9.21. The van der Waals surface area contributed by atoms with E-state index >= 15 is 0 Å². The molecule has 6 heteroatoms. The van der Waals surface area contributed by atoms with E-state index in [9.17, 15) is 19.8 Å². The third-order valence-electron chi connectivity index (χ3n) is 9.34. The molecule has 4 N–H and O–H groups in total. The molecule has 2 aromatic rings. The van der Waals surface area contributed by atoms with Crippen molar-refractivity contribution < 1.29 is 19.8 Å². The minimum absolute atomic E-state index is 0.0271. The van der Waals surface area contributed by atoms with Gasteiger partial charge in [-0.3, -0.25) is 9.59 Å². The first-order valence-corrected chi connectivity index (χ1v) is 15.6. The Morgan fingerprint density at radius 1 is 0.976 bits per heavy atom. The van der Waals surface area contributed by atoms with E-state index in [1.807, 2.05) is 51.1 Å². The summed E-state index contributed by atoms with van der Waals surface area (Å²) >= 11 is 0. The van der Waals surface area contributed by atoms with Crippen LogP contribution in [0, 0.1) is 30.6 Å². The van der Waals surface area contributed by atoms with Crippen molar-refractivity contribution in [3.8, 4) is 5.75 Å². The first-order valence-electron chi connectivity index (χ1n) is 15.6. The van der Waals surface area contributed by atoms with Crippen LogP contribution in [0.15, 0.2) is 48.5 Å². The van der Waals surface area contributed by atoms with Crippen LogP contribution in [0.5, 0.6) is 5.75 Å². The van der Waals surface area contributed by atoms with Crippen LogP contribution in [0.3, 0.4) is 0 Å². The number of phenols is 1. The van der Waals surface area contributed by atoms with Gasteiger partial charge >= 0.3 is 0 Å². The molecule has 4 rings (SSSR count). The molecule has 2 aliphatic carbocycles. The molecule has 2 amide bonds. The molecule has 0 heterocycles. The SMILES string of the molecule is Cc1c(O)cccc1C(=O)N[C@@H](Cc1ccccc1)[C@H](O)CCCC1C[C@H]2CCCC[C@H]2C[C@H]1C(=O)NC(C)(C)C. The summed E-state index contributed by atoms with van der Waals surface area (Å²) in [7, 11) is 0. The van der Waals surface area contributed by atoms with Gasteiger partial charge in [0.25, 0.3) is 5.91 Å². The van der Waals surface area contributed by atoms with Gasteiger partial charge in [-0.15, -0.1) is 0 Å². The van der Waals surface area contributed by atoms with Gasteiger partial charge in [0.1, 0.15) is 5.75 Å². The fourth-order valence-corrected chi connectivity index (χ4v) is 7.14. The molecular formula is C35H50N2O4. The number of amides is 2. The highest BCUT2D eigenvalue weighted by Gasteiger charge is 2.41. The summed E-state index contributed by atoms with van der Waals surface area (Å²) in [5, 5.41) is 27.8. The Hall–Kier alpha value is -2.86. The van der Waals surface area contributed by atoms with Gasteiger partial charge in [0, 0.05) is 22.6 Å². The molecule has 2 fully saturated rings. The summed E-state index contributed by atoms with van der Waals surface area (Å²) in [5.41, 5.74) is 1.72. The average Bonchev–Trinajstić information content (AvgIpc) is 2.93. The smallest absolute Gasteiger partial charge is 0.252 e. The average molecular weight is 563 g/mol. The van der Waals surface area contributed by atoms with Crippen molar-refractivity contribution in [2.24, 2.45) is 23.7 Å². The predicted octanol–water partition coefficient (Wildman–Crippen LogP) is 6.32. The molecule has 6 atom stereocenters. The quantitative estimate of drug-likeness (QED) is 0.272. The third-order valence-corrected chi connectivity index (χ3v) is 9.34. The van der Waals surface area contributed by atoms with Crippen LogP contribution in [-0.4, -0.2) is 39.7 Å². The Morgan fingerprint density at radius 3 is 2.34 bits per heavy atom. The van der Waals surface area contributed by atoms with Gasteiger partial charge in [0.2, 0.25) is 5.91 Å². The van der Waals surface area contributed by atoms with Crippen molar-refractivity contribution in [3.05, 3.63) is 65.2 Å². The number of fused-ring (bicyclic) bond motifs is 1. The Labute approximate surface area is 246 Å². The predicted molar refractivity (Wildman–Crippen MR) is 164 cm³/mol. The standard InChI is InChI=1S/C35H50N2O4/c1-23-28(17-11-18-31(23)38)33(40)36-30(20-24-12-6-5-7-13-24)32(39)19-10-16-27-21-25-14-8-9-15-26(25)22-29(27)34(41)37-35(2,3)4/h5-7,11-13,17-18,25-27,29-30,32,38-39H,8-10,14-16,19-22H2,1-4H3,(H,36,40)(H,37,41)/t25-,26+,27?,29-,30+,32-/m1/s1. The van der Waals surface area contributed by atoms with Gasteiger partial charge < -0.3 is 20.8 Å². The number of aliphatic hydroxyl groups excluding tert-OH is 1. The zero-order valence-corrected chi connectivity index (χ0v) is 25.4. The molecule has 41 heavy (non-hydrogen) atoms. The van der Waals surface area contributed by atoms with E-state index in [0.717, 1.165) is 31.2 Å². The molecule has 0 bridgehead atoms. The second-order valence-electron chi connectivity index (χ2n) is 13.6. The summed E-state index contributed by atoms with van der Waals surface area (Å²) in [4.78, 5) is 26.6. The van der Waals surface area contributed by atoms with E-state index in [4.69, 9.17) is 0 Å². The topological polar surface area (TPSA) is 98.7 Å². The summed E-state index contributed by atoms with van der Waals surface area (Å²) < 4.78 is 0. The number of nitrogens with one attached hydrogen (secondary N) is 2. The number of rotatable bonds is 10. The molecule has 2 saturated carbocycles. The van der Waals surface area contributed by atoms with Crippen molar-refractivity contribution in [2.75, 3.05) is 0 Å². The van der Waals surface area contributed by atoms with Gasteiger partial charge in [-0.25, -0.2) is 0 Å². The number of benzene rings is 2. The largest absolute Gasteiger partial charge is 0.508 e. The molecule has 2 aromatic carbocycles. The second kappa shape index (κ2) is 13.9. The summed E-state index contributed by atoms with van der Waals surface area (Å²) in [6.45, 7) is 7.85. The molecule has 0 aliphatic heterocycles. The molecular weight excluding hydrogens is 512 g/mol. The second-order valence-corrected chi connectivity index (χ2v) is 13.6. The monoisotopic (exact) mass is 562 g/mol. The number of carbonyl (C=O) groups is 2. The number of aromatic hydroxyl groups is 1. The van der Waals surface area contributed by atoms with Crippen molar-refractivity contribution in [3.63, 3.8) is 0 Å². The van der Waals surface area contributed by atoms with Crippen LogP contribution in [0.2, 0.25) is 0 Å². The van der Waals surface area contributed by atoms with E-state index < -0.39 is 12.1 Å². The van der Waals surface area contributed by atoms with Gasteiger partial charge in [-0.1, -0.05) is 68.5 Å². The lowest BCUT2D eigenvalue weighted by Gasteiger charge is -2.44. The molecule has 224 valence electrons. The van der Waals surface area contributed by atoms with Gasteiger partial charge in [-0.05, 0) is 95.2 Å². The lowest BCUT2D eigenvalue weighted by atomic mass is 9.62. The molecule has 0 radical (unpaired) electrons. The molecule has 6 nitrogen and oxygen atoms in total. The third kappa shape index (κ3) is 8.57. The van der Waals surface area contributed by atoms with Crippen LogP contribution in [0.25, 0.3) is 0 Å². The highest BCUT2D eigenvalue weighted by molar-refractivity contribution is 5.96. The Kier molecular flexibility index (Phi) is 10.5. The number of hydrogen-bond acceptors (Lipinski definition) is 4. The van der Waals surface area contributed by atoms with Crippen LogP contribution in [-0.2, 0) is 11.2 Å². The number of carbonyl (C=O) groups excluding carboxylic acids is 2. The highest BCUT2D eigenvalue weighted by Crippen LogP contribution is 2.47. The number of hydrogen-bond donors (Lipinski definition) is 4. The Bertz CT molecular complexity index is 1160. The molecule has 0 saturated heterocycles. The molecule has 0 spiro atoms. The van der Waals surface area contributed by atoms with Crippen LogP contribution >= 0.6 is 0 Å².